The third-order valence-corrected chi connectivity index (χ3v) is 3.87. The highest BCUT2D eigenvalue weighted by molar-refractivity contribution is 5.86. The highest BCUT2D eigenvalue weighted by atomic mass is 16.5. The van der Waals surface area contributed by atoms with Crippen LogP contribution in [0.3, 0.4) is 0 Å². The topological polar surface area (TPSA) is 84.4 Å². The van der Waals surface area contributed by atoms with Gasteiger partial charge in [-0.2, -0.15) is 0 Å². The second-order valence-corrected chi connectivity index (χ2v) is 6.12. The lowest BCUT2D eigenvalue weighted by molar-refractivity contribution is -0.127. The van der Waals surface area contributed by atoms with Crippen molar-refractivity contribution in [1.82, 2.24) is 15.5 Å². The lowest BCUT2D eigenvalue weighted by Gasteiger charge is -2.16. The highest BCUT2D eigenvalue weighted by Gasteiger charge is 2.13. The van der Waals surface area contributed by atoms with Crippen LogP contribution in [-0.4, -0.2) is 65.3 Å². The van der Waals surface area contributed by atoms with Gasteiger partial charge < -0.3 is 29.7 Å². The Morgan fingerprint density at radius 1 is 1.07 bits per heavy atom. The minimum Gasteiger partial charge on any atom is -0.493 e. The van der Waals surface area contributed by atoms with E-state index in [4.69, 9.17) is 14.2 Å². The van der Waals surface area contributed by atoms with E-state index in [9.17, 15) is 4.79 Å². The third kappa shape index (κ3) is 7.24. The molecule has 2 N–H and O–H groups in total. The molecule has 27 heavy (non-hydrogen) atoms. The quantitative estimate of drug-likeness (QED) is 0.365. The Morgan fingerprint density at radius 3 is 2.19 bits per heavy atom. The van der Waals surface area contributed by atoms with Gasteiger partial charge in [-0.1, -0.05) is 13.3 Å². The lowest BCUT2D eigenvalue weighted by Crippen LogP contribution is -2.43. The Bertz CT molecular complexity index is 607. The van der Waals surface area contributed by atoms with Crippen LogP contribution in [0.15, 0.2) is 17.1 Å². The average Bonchev–Trinajstić information content (AvgIpc) is 2.68. The van der Waals surface area contributed by atoms with Crippen molar-refractivity contribution >= 4 is 11.9 Å². The Kier molecular flexibility index (Phi) is 9.85. The van der Waals surface area contributed by atoms with E-state index in [1.54, 1.807) is 35.4 Å². The number of nitrogens with zero attached hydrogens (tertiary/aromatic N) is 2. The van der Waals surface area contributed by atoms with Crippen molar-refractivity contribution in [1.29, 1.82) is 0 Å². The smallest absolute Gasteiger partial charge is 0.241 e. The molecule has 8 nitrogen and oxygen atoms in total. The van der Waals surface area contributed by atoms with Gasteiger partial charge in [0.05, 0.1) is 34.4 Å². The molecular weight excluding hydrogens is 348 g/mol. The number of hydrogen-bond donors (Lipinski definition) is 2. The first-order valence-corrected chi connectivity index (χ1v) is 8.98. The van der Waals surface area contributed by atoms with Crippen molar-refractivity contribution in [3.8, 4) is 17.2 Å². The van der Waals surface area contributed by atoms with Crippen molar-refractivity contribution in [3.63, 3.8) is 0 Å². The number of nitrogens with one attached hydrogen (secondary N) is 2. The fourth-order valence-electron chi connectivity index (χ4n) is 2.27. The second-order valence-electron chi connectivity index (χ2n) is 6.12. The van der Waals surface area contributed by atoms with E-state index in [2.05, 4.69) is 22.5 Å². The number of likely N-dealkylation sites (N-methyl/N-ethyl adjacent to an activating group) is 1. The molecule has 0 aliphatic rings. The predicted molar refractivity (Wildman–Crippen MR) is 107 cm³/mol. The number of guanidine groups is 1. The van der Waals surface area contributed by atoms with Crippen LogP contribution in [0.2, 0.25) is 0 Å². The number of benzene rings is 1. The van der Waals surface area contributed by atoms with Gasteiger partial charge in [-0.25, -0.2) is 4.99 Å². The summed E-state index contributed by atoms with van der Waals surface area (Å²) in [6.07, 6.45) is 2.09. The zero-order valence-electron chi connectivity index (χ0n) is 17.2. The lowest BCUT2D eigenvalue weighted by atomic mass is 10.2. The molecule has 152 valence electrons. The molecule has 1 rings (SSSR count). The van der Waals surface area contributed by atoms with Gasteiger partial charge in [0.2, 0.25) is 11.7 Å². The molecule has 0 saturated heterocycles. The number of aliphatic imine (C=N–C) groups is 1. The first-order valence-electron chi connectivity index (χ1n) is 8.98. The number of hydrogen-bond acceptors (Lipinski definition) is 5. The Morgan fingerprint density at radius 2 is 1.70 bits per heavy atom. The minimum atomic E-state index is -0.0206. The monoisotopic (exact) mass is 380 g/mol. The van der Waals surface area contributed by atoms with Gasteiger partial charge in [-0.05, 0) is 24.1 Å². The number of methoxy groups -OCH3 is 3. The van der Waals surface area contributed by atoms with Crippen LogP contribution >= 0.6 is 0 Å². The van der Waals surface area contributed by atoms with Crippen LogP contribution in [0, 0.1) is 0 Å². The largest absolute Gasteiger partial charge is 0.493 e. The minimum absolute atomic E-state index is 0.0206. The molecule has 1 aromatic rings. The molecular formula is C19H32N4O4. The van der Waals surface area contributed by atoms with Gasteiger partial charge in [-0.15, -0.1) is 0 Å². The van der Waals surface area contributed by atoms with Gasteiger partial charge in [0.15, 0.2) is 17.5 Å². The fourth-order valence-corrected chi connectivity index (χ4v) is 2.27. The summed E-state index contributed by atoms with van der Waals surface area (Å²) in [6.45, 7) is 3.49. The van der Waals surface area contributed by atoms with E-state index in [1.807, 2.05) is 12.1 Å². The summed E-state index contributed by atoms with van der Waals surface area (Å²) >= 11 is 0. The summed E-state index contributed by atoms with van der Waals surface area (Å²) in [4.78, 5) is 17.9. The number of unbranched alkanes of at least 4 members (excludes halogenated alkanes) is 1. The maximum atomic E-state index is 11.8. The van der Waals surface area contributed by atoms with Crippen molar-refractivity contribution in [2.45, 2.75) is 26.3 Å². The number of ether oxygens (including phenoxy) is 3. The van der Waals surface area contributed by atoms with Crippen molar-refractivity contribution in [2.75, 3.05) is 48.5 Å². The maximum Gasteiger partial charge on any atom is 0.241 e. The van der Waals surface area contributed by atoms with Crippen LogP contribution in [0.1, 0.15) is 25.3 Å². The normalized spacial score (nSPS) is 11.0. The number of carbonyl (C=O) groups is 1. The first kappa shape index (κ1) is 22.4. The Hall–Kier alpha value is -2.64. The zero-order chi connectivity index (χ0) is 20.2. The number of amides is 1. The van der Waals surface area contributed by atoms with Crippen molar-refractivity contribution in [2.24, 2.45) is 4.99 Å². The molecule has 0 saturated carbocycles. The molecule has 8 heteroatoms. The van der Waals surface area contributed by atoms with Crippen LogP contribution in [0.25, 0.3) is 0 Å². The van der Waals surface area contributed by atoms with Gasteiger partial charge in [0, 0.05) is 20.6 Å². The highest BCUT2D eigenvalue weighted by Crippen LogP contribution is 2.38. The summed E-state index contributed by atoms with van der Waals surface area (Å²) in [5.74, 6) is 2.28. The third-order valence-electron chi connectivity index (χ3n) is 3.87. The molecule has 0 bridgehead atoms. The zero-order valence-corrected chi connectivity index (χ0v) is 17.2. The van der Waals surface area contributed by atoms with E-state index in [0.29, 0.717) is 29.8 Å². The van der Waals surface area contributed by atoms with Gasteiger partial charge >= 0.3 is 0 Å². The van der Waals surface area contributed by atoms with Crippen LogP contribution < -0.4 is 24.8 Å². The number of carbonyl (C=O) groups excluding carboxylic acids is 1. The second kappa shape index (κ2) is 11.9. The molecule has 0 aromatic heterocycles. The fraction of sp³-hybridized carbons (Fsp3) is 0.579. The molecule has 0 aliphatic carbocycles. The Labute approximate surface area is 161 Å². The van der Waals surface area contributed by atoms with Crippen molar-refractivity contribution < 1.29 is 19.0 Å². The summed E-state index contributed by atoms with van der Waals surface area (Å²) in [7, 11) is 8.18. The van der Waals surface area contributed by atoms with Crippen LogP contribution in [-0.2, 0) is 11.3 Å². The van der Waals surface area contributed by atoms with E-state index < -0.39 is 0 Å². The molecule has 1 aromatic carbocycles. The average molecular weight is 380 g/mol. The van der Waals surface area contributed by atoms with Gasteiger partial charge in [0.1, 0.15) is 0 Å². The molecule has 0 heterocycles. The van der Waals surface area contributed by atoms with E-state index >= 15 is 0 Å². The van der Waals surface area contributed by atoms with Crippen molar-refractivity contribution in [3.05, 3.63) is 17.7 Å². The van der Waals surface area contributed by atoms with E-state index in [-0.39, 0.29) is 12.5 Å². The Balaban J connectivity index is 2.94. The van der Waals surface area contributed by atoms with Crippen LogP contribution in [0.5, 0.6) is 17.2 Å². The molecule has 0 atom stereocenters. The summed E-state index contributed by atoms with van der Waals surface area (Å²) in [5.41, 5.74) is 0.903. The molecule has 0 aliphatic heterocycles. The van der Waals surface area contributed by atoms with Gasteiger partial charge in [0.25, 0.3) is 0 Å². The van der Waals surface area contributed by atoms with Crippen LogP contribution in [0.4, 0.5) is 0 Å². The standard InChI is InChI=1S/C19H32N4O4/c1-7-8-9-20-19(22-13-17(24)23(2)3)21-12-14-10-15(25-4)18(27-6)16(11-14)26-5/h10-11H,7-9,12-13H2,1-6H3,(H2,20,21,22). The summed E-state index contributed by atoms with van der Waals surface area (Å²) in [6, 6.07) is 3.72. The molecule has 0 spiro atoms. The first-order chi connectivity index (χ1) is 13.0. The predicted octanol–water partition coefficient (Wildman–Crippen LogP) is 1.64. The maximum absolute atomic E-state index is 11.8. The molecule has 0 unspecified atom stereocenters. The number of rotatable bonds is 10. The summed E-state index contributed by atoms with van der Waals surface area (Å²) < 4.78 is 16.1. The SMILES string of the molecule is CCCCNC(=NCc1cc(OC)c(OC)c(OC)c1)NCC(=O)N(C)C. The van der Waals surface area contributed by atoms with Gasteiger partial charge in [-0.3, -0.25) is 4.79 Å². The summed E-state index contributed by atoms with van der Waals surface area (Å²) in [5, 5.41) is 6.32. The molecule has 0 fully saturated rings. The molecule has 0 radical (unpaired) electrons. The van der Waals surface area contributed by atoms with E-state index in [0.717, 1.165) is 24.9 Å². The molecule has 1 amide bonds. The van der Waals surface area contributed by atoms with E-state index in [1.165, 1.54) is 4.90 Å².